The highest BCUT2D eigenvalue weighted by Crippen LogP contribution is 2.38. The molecular formula is C19H17ClN4O4. The Kier molecular flexibility index (Phi) is 4.43. The second-order valence-electron chi connectivity index (χ2n) is 6.46. The molecular weight excluding hydrogens is 384 g/mol. The molecule has 0 saturated carbocycles. The molecule has 9 heteroatoms. The summed E-state index contributed by atoms with van der Waals surface area (Å²) in [4.78, 5) is 27.1. The lowest BCUT2D eigenvalue weighted by atomic mass is 10.1. The summed E-state index contributed by atoms with van der Waals surface area (Å²) in [5.41, 5.74) is 1.81. The average Bonchev–Trinajstić information content (AvgIpc) is 3.24. The van der Waals surface area contributed by atoms with Crippen LogP contribution in [0.25, 0.3) is 0 Å². The molecule has 2 heterocycles. The fourth-order valence-electron chi connectivity index (χ4n) is 3.27. The first kappa shape index (κ1) is 18.2. The molecule has 0 spiro atoms. The van der Waals surface area contributed by atoms with Gasteiger partial charge in [-0.2, -0.15) is 5.11 Å². The van der Waals surface area contributed by atoms with Crippen LogP contribution in [0.1, 0.15) is 5.56 Å². The first-order valence-electron chi connectivity index (χ1n) is 8.51. The zero-order valence-corrected chi connectivity index (χ0v) is 16.2. The Bertz CT molecular complexity index is 987. The van der Waals surface area contributed by atoms with E-state index in [-0.39, 0.29) is 0 Å². The second-order valence-corrected chi connectivity index (χ2v) is 6.86. The molecule has 0 unspecified atom stereocenters. The number of ether oxygens (including phenoxy) is 2. The van der Waals surface area contributed by atoms with Crippen molar-refractivity contribution >= 4 is 34.8 Å². The predicted molar refractivity (Wildman–Crippen MR) is 103 cm³/mol. The molecule has 2 aliphatic rings. The van der Waals surface area contributed by atoms with E-state index in [1.807, 2.05) is 6.92 Å². The summed E-state index contributed by atoms with van der Waals surface area (Å²) in [5.74, 6) is 0.219. The summed E-state index contributed by atoms with van der Waals surface area (Å²) in [6.07, 6.45) is 0. The minimum atomic E-state index is -0.912. The number of hydrogen-bond donors (Lipinski definition) is 0. The fourth-order valence-corrected chi connectivity index (χ4v) is 3.45. The van der Waals surface area contributed by atoms with Crippen molar-refractivity contribution in [3.63, 3.8) is 0 Å². The van der Waals surface area contributed by atoms with Gasteiger partial charge in [0.25, 0.3) is 11.8 Å². The van der Waals surface area contributed by atoms with Crippen LogP contribution in [0.4, 0.5) is 11.4 Å². The van der Waals surface area contributed by atoms with Gasteiger partial charge in [0.15, 0.2) is 12.1 Å². The number of methoxy groups -OCH3 is 2. The number of benzene rings is 2. The van der Waals surface area contributed by atoms with E-state index >= 15 is 0 Å². The number of amides is 2. The van der Waals surface area contributed by atoms with Gasteiger partial charge in [0.2, 0.25) is 0 Å². The zero-order chi connectivity index (χ0) is 20.0. The van der Waals surface area contributed by atoms with Crippen molar-refractivity contribution in [1.82, 2.24) is 0 Å². The third-order valence-corrected chi connectivity index (χ3v) is 5.20. The van der Waals surface area contributed by atoms with Gasteiger partial charge in [0.05, 0.1) is 25.6 Å². The van der Waals surface area contributed by atoms with Crippen molar-refractivity contribution in [2.24, 2.45) is 10.3 Å². The number of carbonyl (C=O) groups is 2. The fraction of sp³-hybridized carbons (Fsp3) is 0.263. The van der Waals surface area contributed by atoms with Gasteiger partial charge in [-0.15, -0.1) is 0 Å². The van der Waals surface area contributed by atoms with Crippen molar-refractivity contribution in [2.45, 2.75) is 19.0 Å². The monoisotopic (exact) mass is 400 g/mol. The lowest BCUT2D eigenvalue weighted by Gasteiger charge is -2.21. The highest BCUT2D eigenvalue weighted by atomic mass is 35.5. The minimum Gasteiger partial charge on any atom is -0.497 e. The van der Waals surface area contributed by atoms with Crippen molar-refractivity contribution in [3.8, 4) is 11.5 Å². The van der Waals surface area contributed by atoms with Crippen molar-refractivity contribution in [1.29, 1.82) is 0 Å². The summed E-state index contributed by atoms with van der Waals surface area (Å²) < 4.78 is 10.6. The van der Waals surface area contributed by atoms with E-state index < -0.39 is 23.9 Å². The molecule has 28 heavy (non-hydrogen) atoms. The first-order valence-corrected chi connectivity index (χ1v) is 8.89. The van der Waals surface area contributed by atoms with E-state index in [0.29, 0.717) is 27.9 Å². The minimum absolute atomic E-state index is 0.415. The van der Waals surface area contributed by atoms with Gasteiger partial charge >= 0.3 is 0 Å². The Morgan fingerprint density at radius 2 is 1.64 bits per heavy atom. The smallest absolute Gasteiger partial charge is 0.263 e. The predicted octanol–water partition coefficient (Wildman–Crippen LogP) is 3.16. The summed E-state index contributed by atoms with van der Waals surface area (Å²) in [6, 6.07) is 8.38. The summed E-state index contributed by atoms with van der Waals surface area (Å²) in [5, 5.41) is 9.99. The molecule has 1 fully saturated rings. The third kappa shape index (κ3) is 2.77. The Morgan fingerprint density at radius 3 is 2.25 bits per heavy atom. The Hall–Kier alpha value is -3.13. The van der Waals surface area contributed by atoms with Gasteiger partial charge in [0, 0.05) is 23.2 Å². The SMILES string of the molecule is COc1cc(OC)cc(N2N=N[C@H]3C(=O)N(c4ccc(C)c(Cl)c4)C(=O)[C@H]32)c1. The highest BCUT2D eigenvalue weighted by Gasteiger charge is 2.55. The van der Waals surface area contributed by atoms with Gasteiger partial charge < -0.3 is 9.47 Å². The highest BCUT2D eigenvalue weighted by molar-refractivity contribution is 6.32. The standard InChI is InChI=1S/C19H17ClN4O4/c1-10-4-5-11(8-15(10)20)23-18(25)16-17(19(23)26)24(22-21-16)12-6-13(27-2)9-14(7-12)28-3/h4-9,16-17H,1-3H3/t16-,17+/m1/s1. The average molecular weight is 401 g/mol. The lowest BCUT2D eigenvalue weighted by molar-refractivity contribution is -0.121. The van der Waals surface area contributed by atoms with Crippen LogP contribution in [0.5, 0.6) is 11.5 Å². The molecule has 2 aliphatic heterocycles. The number of carbonyl (C=O) groups excluding carboxylic acids is 2. The molecule has 0 radical (unpaired) electrons. The molecule has 8 nitrogen and oxygen atoms in total. The molecule has 0 bridgehead atoms. The maximum Gasteiger partial charge on any atom is 0.263 e. The van der Waals surface area contributed by atoms with Crippen LogP contribution in [0, 0.1) is 6.92 Å². The zero-order valence-electron chi connectivity index (χ0n) is 15.4. The number of anilines is 2. The third-order valence-electron chi connectivity index (χ3n) is 4.80. The van der Waals surface area contributed by atoms with Gasteiger partial charge in [-0.3, -0.25) is 9.59 Å². The Labute approximate surface area is 166 Å². The van der Waals surface area contributed by atoms with Gasteiger partial charge in [-0.05, 0) is 24.6 Å². The molecule has 2 atom stereocenters. The molecule has 4 rings (SSSR count). The molecule has 0 N–H and O–H groups in total. The van der Waals surface area contributed by atoms with Crippen molar-refractivity contribution < 1.29 is 19.1 Å². The number of hydrogen-bond acceptors (Lipinski definition) is 7. The normalized spacial score (nSPS) is 20.7. The molecule has 0 aromatic heterocycles. The van der Waals surface area contributed by atoms with E-state index in [2.05, 4.69) is 10.3 Å². The van der Waals surface area contributed by atoms with Crippen LogP contribution in [-0.2, 0) is 9.59 Å². The number of nitrogens with zero attached hydrogens (tertiary/aromatic N) is 4. The second kappa shape index (κ2) is 6.79. The van der Waals surface area contributed by atoms with Crippen LogP contribution in [-0.4, -0.2) is 38.1 Å². The van der Waals surface area contributed by atoms with Crippen molar-refractivity contribution in [2.75, 3.05) is 24.1 Å². The van der Waals surface area contributed by atoms with E-state index in [0.717, 1.165) is 10.5 Å². The summed E-state index contributed by atoms with van der Waals surface area (Å²) >= 11 is 6.17. The van der Waals surface area contributed by atoms with Crippen LogP contribution in [0.2, 0.25) is 5.02 Å². The lowest BCUT2D eigenvalue weighted by Crippen LogP contribution is -2.39. The first-order chi connectivity index (χ1) is 13.4. The molecule has 2 amide bonds. The molecule has 2 aromatic carbocycles. The molecule has 2 aromatic rings. The molecule has 1 saturated heterocycles. The molecule has 0 aliphatic carbocycles. The number of halogens is 1. The van der Waals surface area contributed by atoms with E-state index in [4.69, 9.17) is 21.1 Å². The van der Waals surface area contributed by atoms with E-state index in [1.165, 1.54) is 19.2 Å². The number of imide groups is 1. The maximum atomic E-state index is 13.1. The number of rotatable bonds is 4. The van der Waals surface area contributed by atoms with E-state index in [1.54, 1.807) is 36.4 Å². The van der Waals surface area contributed by atoms with Gasteiger partial charge in [-0.1, -0.05) is 22.9 Å². The van der Waals surface area contributed by atoms with Crippen LogP contribution >= 0.6 is 11.6 Å². The largest absolute Gasteiger partial charge is 0.497 e. The van der Waals surface area contributed by atoms with Gasteiger partial charge in [-0.25, -0.2) is 9.91 Å². The quantitative estimate of drug-likeness (QED) is 0.736. The van der Waals surface area contributed by atoms with Crippen LogP contribution in [0.3, 0.4) is 0 Å². The van der Waals surface area contributed by atoms with Crippen LogP contribution < -0.4 is 19.4 Å². The van der Waals surface area contributed by atoms with Gasteiger partial charge in [0.1, 0.15) is 11.5 Å². The van der Waals surface area contributed by atoms with Crippen molar-refractivity contribution in [3.05, 3.63) is 47.0 Å². The van der Waals surface area contributed by atoms with E-state index in [9.17, 15) is 9.59 Å². The summed E-state index contributed by atoms with van der Waals surface area (Å²) in [6.45, 7) is 1.85. The maximum absolute atomic E-state index is 13.1. The molecule has 144 valence electrons. The Morgan fingerprint density at radius 1 is 0.964 bits per heavy atom. The summed E-state index contributed by atoms with van der Waals surface area (Å²) in [7, 11) is 3.06. The Balaban J connectivity index is 1.71. The topological polar surface area (TPSA) is 83.8 Å². The number of fused-ring (bicyclic) bond motifs is 1. The number of aryl methyl sites for hydroxylation is 1. The van der Waals surface area contributed by atoms with Crippen LogP contribution in [0.15, 0.2) is 46.7 Å².